The van der Waals surface area contributed by atoms with E-state index in [1.165, 1.54) is 12.3 Å². The topological polar surface area (TPSA) is 99.5 Å². The smallest absolute Gasteiger partial charge is 0.424 e. The van der Waals surface area contributed by atoms with E-state index in [1.54, 1.807) is 0 Å². The van der Waals surface area contributed by atoms with Gasteiger partial charge in [0, 0.05) is 11.1 Å². The van der Waals surface area contributed by atoms with E-state index in [9.17, 15) is 32.3 Å². The average molecular weight is 392 g/mol. The molecule has 3 N–H and O–H groups in total. The second kappa shape index (κ2) is 7.00. The molecule has 6 nitrogen and oxygen atoms in total. The van der Waals surface area contributed by atoms with E-state index in [0.717, 1.165) is 18.2 Å². The number of rotatable bonds is 5. The van der Waals surface area contributed by atoms with Crippen LogP contribution in [0.4, 0.5) is 23.2 Å². The Labute approximate surface area is 148 Å². The molecule has 0 aliphatic carbocycles. The molecule has 1 heterocycles. The van der Waals surface area contributed by atoms with Gasteiger partial charge in [0.05, 0.1) is 17.7 Å². The summed E-state index contributed by atoms with van der Waals surface area (Å²) in [5.41, 5.74) is -4.32. The quantitative estimate of drug-likeness (QED) is 0.679. The van der Waals surface area contributed by atoms with Crippen LogP contribution >= 0.6 is 11.3 Å². The van der Waals surface area contributed by atoms with Gasteiger partial charge < -0.3 is 15.5 Å². The highest BCUT2D eigenvalue weighted by Gasteiger charge is 2.58. The number of amides is 1. The lowest BCUT2D eigenvalue weighted by molar-refractivity contribution is -0.266. The summed E-state index contributed by atoms with van der Waals surface area (Å²) in [7, 11) is 0. The minimum Gasteiger partial charge on any atom is -0.478 e. The molecule has 0 saturated heterocycles. The van der Waals surface area contributed by atoms with Crippen LogP contribution in [0.15, 0.2) is 23.6 Å². The number of carbonyl (C=O) groups excluding carboxylic acids is 1. The van der Waals surface area contributed by atoms with Gasteiger partial charge in [0.25, 0.3) is 0 Å². The molecule has 1 aromatic heterocycles. The zero-order valence-corrected chi connectivity index (χ0v) is 13.9. The molecule has 11 heteroatoms. The molecule has 0 spiro atoms. The number of thiazole rings is 1. The summed E-state index contributed by atoms with van der Waals surface area (Å²) in [5, 5.41) is 21.3. The number of carboxylic acids is 1. The maximum atomic E-state index is 13.7. The molecule has 0 aliphatic rings. The van der Waals surface area contributed by atoms with Gasteiger partial charge in [-0.2, -0.15) is 13.2 Å². The van der Waals surface area contributed by atoms with Crippen molar-refractivity contribution in [1.29, 1.82) is 0 Å². The zero-order valence-electron chi connectivity index (χ0n) is 13.1. The Morgan fingerprint density at radius 3 is 2.46 bits per heavy atom. The van der Waals surface area contributed by atoms with Gasteiger partial charge in [-0.3, -0.25) is 4.79 Å². The number of benzene rings is 1. The SMILES string of the molecule is Cc1csc(C(O)(CC(=O)Nc2cc(C(=O)O)ccc2F)C(F)(F)F)n1. The second-order valence-corrected chi connectivity index (χ2v) is 6.23. The molecule has 140 valence electrons. The normalized spacial score (nSPS) is 13.9. The standard InChI is InChI=1S/C15H12F4N2O4S/c1-7-6-26-13(20-7)14(25,15(17,18)19)5-11(22)21-10-4-8(12(23)24)2-3-9(10)16/h2-4,6,25H,5H2,1H3,(H,21,22)(H,23,24). The fraction of sp³-hybridized carbons (Fsp3) is 0.267. The van der Waals surface area contributed by atoms with E-state index in [1.807, 2.05) is 5.32 Å². The summed E-state index contributed by atoms with van der Waals surface area (Å²) in [4.78, 5) is 26.4. The maximum absolute atomic E-state index is 13.7. The third-order valence-electron chi connectivity index (χ3n) is 3.35. The minimum atomic E-state index is -5.21. The van der Waals surface area contributed by atoms with Crippen LogP contribution in [0.5, 0.6) is 0 Å². The van der Waals surface area contributed by atoms with Gasteiger partial charge in [-0.1, -0.05) is 0 Å². The lowest BCUT2D eigenvalue weighted by Gasteiger charge is -2.27. The number of carboxylic acid groups (broad SMARTS) is 1. The Morgan fingerprint density at radius 1 is 1.31 bits per heavy atom. The summed E-state index contributed by atoms with van der Waals surface area (Å²) >= 11 is 0.528. The molecule has 0 radical (unpaired) electrons. The number of nitrogens with zero attached hydrogens (tertiary/aromatic N) is 1. The fourth-order valence-electron chi connectivity index (χ4n) is 2.02. The molecular weight excluding hydrogens is 380 g/mol. The predicted molar refractivity (Wildman–Crippen MR) is 83.4 cm³/mol. The second-order valence-electron chi connectivity index (χ2n) is 5.38. The lowest BCUT2D eigenvalue weighted by atomic mass is 9.99. The van der Waals surface area contributed by atoms with Crippen LogP contribution in [0, 0.1) is 12.7 Å². The molecule has 2 rings (SSSR count). The number of aliphatic hydroxyl groups is 1. The van der Waals surface area contributed by atoms with E-state index >= 15 is 0 Å². The first-order chi connectivity index (χ1) is 11.9. The van der Waals surface area contributed by atoms with Gasteiger partial charge in [0.1, 0.15) is 10.8 Å². The van der Waals surface area contributed by atoms with Crippen molar-refractivity contribution in [1.82, 2.24) is 4.98 Å². The number of anilines is 1. The number of halogens is 4. The molecule has 1 aromatic carbocycles. The summed E-state index contributed by atoms with van der Waals surface area (Å²) in [5.74, 6) is -3.81. The van der Waals surface area contributed by atoms with Crippen LogP contribution in [0.2, 0.25) is 0 Å². The van der Waals surface area contributed by atoms with Gasteiger partial charge >= 0.3 is 12.1 Å². The van der Waals surface area contributed by atoms with E-state index in [0.29, 0.717) is 11.3 Å². The van der Waals surface area contributed by atoms with Gasteiger partial charge in [0.2, 0.25) is 11.5 Å². The van der Waals surface area contributed by atoms with Crippen LogP contribution < -0.4 is 5.32 Å². The Balaban J connectivity index is 2.29. The Bertz CT molecular complexity index is 852. The van der Waals surface area contributed by atoms with Crippen molar-refractivity contribution in [3.8, 4) is 0 Å². The molecule has 1 unspecified atom stereocenters. The molecule has 26 heavy (non-hydrogen) atoms. The molecule has 0 aliphatic heterocycles. The number of aryl methyl sites for hydroxylation is 1. The minimum absolute atomic E-state index is 0.230. The first-order valence-corrected chi connectivity index (χ1v) is 7.86. The van der Waals surface area contributed by atoms with Crippen molar-refractivity contribution in [2.24, 2.45) is 0 Å². The summed E-state index contributed by atoms with van der Waals surface area (Å²) in [6.07, 6.45) is -6.68. The predicted octanol–water partition coefficient (Wildman–Crippen LogP) is 3.07. The van der Waals surface area contributed by atoms with Gasteiger partial charge in [-0.15, -0.1) is 11.3 Å². The zero-order chi connectivity index (χ0) is 19.7. The first kappa shape index (κ1) is 19.8. The number of hydrogen-bond acceptors (Lipinski definition) is 5. The summed E-state index contributed by atoms with van der Waals surface area (Å²) in [6, 6.07) is 2.44. The number of aromatic carboxylic acids is 1. The Kier molecular flexibility index (Phi) is 5.33. The van der Waals surface area contributed by atoms with Crippen molar-refractivity contribution in [2.45, 2.75) is 25.1 Å². The number of nitrogens with one attached hydrogen (secondary N) is 1. The molecular formula is C15H12F4N2O4S. The molecule has 0 bridgehead atoms. The van der Waals surface area contributed by atoms with Crippen LogP contribution in [0.25, 0.3) is 0 Å². The van der Waals surface area contributed by atoms with E-state index in [-0.39, 0.29) is 11.3 Å². The summed E-state index contributed by atoms with van der Waals surface area (Å²) < 4.78 is 53.7. The van der Waals surface area contributed by atoms with Crippen molar-refractivity contribution in [3.63, 3.8) is 0 Å². The molecule has 0 fully saturated rings. The Morgan fingerprint density at radius 2 is 1.96 bits per heavy atom. The number of hydrogen-bond donors (Lipinski definition) is 3. The lowest BCUT2D eigenvalue weighted by Crippen LogP contribution is -2.45. The Hall–Kier alpha value is -2.53. The van der Waals surface area contributed by atoms with Gasteiger partial charge in [-0.25, -0.2) is 14.2 Å². The largest absolute Gasteiger partial charge is 0.478 e. The number of carbonyl (C=O) groups is 2. The third kappa shape index (κ3) is 3.99. The van der Waals surface area contributed by atoms with Crippen LogP contribution in [0.3, 0.4) is 0 Å². The van der Waals surface area contributed by atoms with Crippen molar-refractivity contribution >= 4 is 28.9 Å². The molecule has 0 saturated carbocycles. The van der Waals surface area contributed by atoms with E-state index in [2.05, 4.69) is 4.98 Å². The average Bonchev–Trinajstić information content (AvgIpc) is 2.95. The third-order valence-corrected chi connectivity index (χ3v) is 4.46. The highest BCUT2D eigenvalue weighted by atomic mass is 32.1. The van der Waals surface area contributed by atoms with E-state index in [4.69, 9.17) is 5.11 Å². The molecule has 2 aromatic rings. The highest BCUT2D eigenvalue weighted by molar-refractivity contribution is 7.09. The maximum Gasteiger partial charge on any atom is 0.424 e. The first-order valence-electron chi connectivity index (χ1n) is 6.98. The molecule has 1 amide bonds. The fourth-order valence-corrected chi connectivity index (χ4v) is 2.94. The van der Waals surface area contributed by atoms with Crippen LogP contribution in [0.1, 0.15) is 27.5 Å². The van der Waals surface area contributed by atoms with Crippen LogP contribution in [-0.2, 0) is 10.4 Å². The summed E-state index contributed by atoms with van der Waals surface area (Å²) in [6.45, 7) is 1.42. The van der Waals surface area contributed by atoms with Crippen molar-refractivity contribution < 1.29 is 37.4 Å². The van der Waals surface area contributed by atoms with E-state index < -0.39 is 46.6 Å². The number of alkyl halides is 3. The van der Waals surface area contributed by atoms with Gasteiger partial charge in [0.15, 0.2) is 0 Å². The molecule has 1 atom stereocenters. The monoisotopic (exact) mass is 392 g/mol. The van der Waals surface area contributed by atoms with Crippen LogP contribution in [-0.4, -0.2) is 33.2 Å². The van der Waals surface area contributed by atoms with Crippen molar-refractivity contribution in [2.75, 3.05) is 5.32 Å². The van der Waals surface area contributed by atoms with Gasteiger partial charge in [-0.05, 0) is 25.1 Å². The number of aromatic nitrogens is 1. The highest BCUT2D eigenvalue weighted by Crippen LogP contribution is 2.43. The van der Waals surface area contributed by atoms with Crippen molar-refractivity contribution in [3.05, 3.63) is 45.7 Å².